The Morgan fingerprint density at radius 2 is 1.96 bits per heavy atom. The number of benzene rings is 1. The van der Waals surface area contributed by atoms with Crippen LogP contribution in [0.3, 0.4) is 0 Å². The number of hydrogen-bond acceptors (Lipinski definition) is 5. The SMILES string of the molecule is COCCNC(=NCC(=O)N(C)C)NCC(C)Oc1cccc(OC)c1. The van der Waals surface area contributed by atoms with Crippen molar-refractivity contribution in [2.24, 2.45) is 4.99 Å². The van der Waals surface area contributed by atoms with Crippen LogP contribution in [0.5, 0.6) is 11.5 Å². The zero-order valence-corrected chi connectivity index (χ0v) is 16.2. The van der Waals surface area contributed by atoms with Gasteiger partial charge in [0, 0.05) is 33.8 Å². The summed E-state index contributed by atoms with van der Waals surface area (Å²) >= 11 is 0. The average Bonchev–Trinajstić information content (AvgIpc) is 2.63. The largest absolute Gasteiger partial charge is 0.497 e. The molecule has 0 bridgehead atoms. The molecule has 1 aromatic rings. The average molecular weight is 366 g/mol. The van der Waals surface area contributed by atoms with Crippen LogP contribution in [0, 0.1) is 0 Å². The molecule has 0 spiro atoms. The number of ether oxygens (including phenoxy) is 3. The molecule has 1 aromatic carbocycles. The molecule has 8 heteroatoms. The first-order valence-electron chi connectivity index (χ1n) is 8.48. The fourth-order valence-corrected chi connectivity index (χ4v) is 1.92. The zero-order valence-electron chi connectivity index (χ0n) is 16.2. The second-order valence-electron chi connectivity index (χ2n) is 5.86. The van der Waals surface area contributed by atoms with Gasteiger partial charge in [-0.3, -0.25) is 4.79 Å². The Hall–Kier alpha value is -2.48. The molecule has 8 nitrogen and oxygen atoms in total. The molecule has 0 saturated heterocycles. The molecular weight excluding hydrogens is 336 g/mol. The van der Waals surface area contributed by atoms with E-state index >= 15 is 0 Å². The maximum Gasteiger partial charge on any atom is 0.243 e. The fourth-order valence-electron chi connectivity index (χ4n) is 1.92. The van der Waals surface area contributed by atoms with Crippen LogP contribution in [0.25, 0.3) is 0 Å². The summed E-state index contributed by atoms with van der Waals surface area (Å²) in [5.74, 6) is 1.94. The first-order valence-corrected chi connectivity index (χ1v) is 8.48. The van der Waals surface area contributed by atoms with Crippen LogP contribution in [0.2, 0.25) is 0 Å². The van der Waals surface area contributed by atoms with Gasteiger partial charge in [-0.05, 0) is 19.1 Å². The molecule has 146 valence electrons. The van der Waals surface area contributed by atoms with Gasteiger partial charge in [0.2, 0.25) is 5.91 Å². The van der Waals surface area contributed by atoms with Gasteiger partial charge in [-0.1, -0.05) is 6.07 Å². The summed E-state index contributed by atoms with van der Waals surface area (Å²) in [7, 11) is 6.65. The highest BCUT2D eigenvalue weighted by Gasteiger charge is 2.08. The second-order valence-corrected chi connectivity index (χ2v) is 5.86. The molecule has 0 aliphatic heterocycles. The number of guanidine groups is 1. The number of aliphatic imine (C=N–C) groups is 1. The third kappa shape index (κ3) is 8.57. The molecule has 0 aliphatic rings. The molecule has 26 heavy (non-hydrogen) atoms. The monoisotopic (exact) mass is 366 g/mol. The summed E-state index contributed by atoms with van der Waals surface area (Å²) < 4.78 is 16.1. The van der Waals surface area contributed by atoms with Gasteiger partial charge in [-0.15, -0.1) is 0 Å². The van der Waals surface area contributed by atoms with Crippen LogP contribution in [0.4, 0.5) is 0 Å². The van der Waals surface area contributed by atoms with Gasteiger partial charge in [0.15, 0.2) is 5.96 Å². The number of likely N-dealkylation sites (N-methyl/N-ethyl adjacent to an activating group) is 1. The van der Waals surface area contributed by atoms with Gasteiger partial charge >= 0.3 is 0 Å². The predicted octanol–water partition coefficient (Wildman–Crippen LogP) is 0.732. The van der Waals surface area contributed by atoms with Crippen LogP contribution < -0.4 is 20.1 Å². The quantitative estimate of drug-likeness (QED) is 0.361. The molecule has 0 aliphatic carbocycles. The van der Waals surface area contributed by atoms with Gasteiger partial charge in [-0.2, -0.15) is 0 Å². The van der Waals surface area contributed by atoms with Gasteiger partial charge < -0.3 is 29.7 Å². The van der Waals surface area contributed by atoms with Crippen molar-refractivity contribution in [2.45, 2.75) is 13.0 Å². The summed E-state index contributed by atoms with van der Waals surface area (Å²) in [5, 5.41) is 6.30. The van der Waals surface area contributed by atoms with Crippen molar-refractivity contribution in [3.8, 4) is 11.5 Å². The summed E-state index contributed by atoms with van der Waals surface area (Å²) in [6.07, 6.45) is -0.110. The number of carbonyl (C=O) groups is 1. The molecule has 1 rings (SSSR count). The summed E-state index contributed by atoms with van der Waals surface area (Å²) in [5.41, 5.74) is 0. The Balaban J connectivity index is 2.56. The van der Waals surface area contributed by atoms with Gasteiger partial charge in [0.25, 0.3) is 0 Å². The fraction of sp³-hybridized carbons (Fsp3) is 0.556. The molecular formula is C18H30N4O4. The lowest BCUT2D eigenvalue weighted by Gasteiger charge is -2.18. The van der Waals surface area contributed by atoms with E-state index in [4.69, 9.17) is 14.2 Å². The first kappa shape index (κ1) is 21.6. The van der Waals surface area contributed by atoms with Crippen molar-refractivity contribution < 1.29 is 19.0 Å². The standard InChI is InChI=1S/C18H30N4O4/c1-14(26-16-8-6-7-15(11-16)25-5)12-20-18(19-9-10-24-4)21-13-17(23)22(2)3/h6-8,11,14H,9-10,12-13H2,1-5H3,(H2,19,20,21). The maximum absolute atomic E-state index is 11.7. The Labute approximate surface area is 155 Å². The minimum Gasteiger partial charge on any atom is -0.497 e. The highest BCUT2D eigenvalue weighted by Crippen LogP contribution is 2.19. The molecule has 0 aromatic heterocycles. The topological polar surface area (TPSA) is 84.4 Å². The number of methoxy groups -OCH3 is 2. The second kappa shape index (κ2) is 12.0. The van der Waals surface area contributed by atoms with Crippen molar-refractivity contribution in [1.29, 1.82) is 0 Å². The minimum atomic E-state index is -0.110. The van der Waals surface area contributed by atoms with Gasteiger partial charge in [0.1, 0.15) is 24.1 Å². The van der Waals surface area contributed by atoms with E-state index in [0.29, 0.717) is 25.7 Å². The molecule has 1 unspecified atom stereocenters. The molecule has 0 fully saturated rings. The minimum absolute atomic E-state index is 0.0699. The van der Waals surface area contributed by atoms with Crippen LogP contribution in [0.15, 0.2) is 29.3 Å². The van der Waals surface area contributed by atoms with Crippen LogP contribution in [-0.4, -0.2) is 77.4 Å². The number of rotatable bonds is 10. The molecule has 2 N–H and O–H groups in total. The van der Waals surface area contributed by atoms with E-state index in [1.54, 1.807) is 28.3 Å². The van der Waals surface area contributed by atoms with Crippen molar-refractivity contribution in [2.75, 3.05) is 54.6 Å². The van der Waals surface area contributed by atoms with Crippen LogP contribution in [-0.2, 0) is 9.53 Å². The summed E-state index contributed by atoms with van der Waals surface area (Å²) in [6.45, 7) is 3.67. The lowest BCUT2D eigenvalue weighted by atomic mass is 10.3. The molecule has 1 amide bonds. The van der Waals surface area contributed by atoms with E-state index in [1.807, 2.05) is 31.2 Å². The number of nitrogens with one attached hydrogen (secondary N) is 2. The number of nitrogens with zero attached hydrogens (tertiary/aromatic N) is 2. The number of carbonyl (C=O) groups excluding carboxylic acids is 1. The van der Waals surface area contributed by atoms with Gasteiger partial charge in [0.05, 0.1) is 20.3 Å². The van der Waals surface area contributed by atoms with Crippen LogP contribution >= 0.6 is 0 Å². The highest BCUT2D eigenvalue weighted by molar-refractivity contribution is 5.84. The molecule has 0 heterocycles. The first-order chi connectivity index (χ1) is 12.5. The Kier molecular flexibility index (Phi) is 9.93. The molecule has 0 radical (unpaired) electrons. The van der Waals surface area contributed by atoms with E-state index in [9.17, 15) is 4.79 Å². The van der Waals surface area contributed by atoms with Crippen molar-refractivity contribution in [3.63, 3.8) is 0 Å². The zero-order chi connectivity index (χ0) is 19.4. The van der Waals surface area contributed by atoms with E-state index in [1.165, 1.54) is 4.90 Å². The Morgan fingerprint density at radius 1 is 1.23 bits per heavy atom. The molecule has 0 saturated carbocycles. The van der Waals surface area contributed by atoms with Crippen molar-refractivity contribution in [3.05, 3.63) is 24.3 Å². The highest BCUT2D eigenvalue weighted by atomic mass is 16.5. The lowest BCUT2D eigenvalue weighted by molar-refractivity contribution is -0.127. The number of amides is 1. The predicted molar refractivity (Wildman–Crippen MR) is 102 cm³/mol. The summed E-state index contributed by atoms with van der Waals surface area (Å²) in [4.78, 5) is 17.5. The van der Waals surface area contributed by atoms with Gasteiger partial charge in [-0.25, -0.2) is 4.99 Å². The smallest absolute Gasteiger partial charge is 0.243 e. The normalized spacial score (nSPS) is 12.3. The summed E-state index contributed by atoms with van der Waals surface area (Å²) in [6, 6.07) is 7.45. The number of hydrogen-bond donors (Lipinski definition) is 2. The third-order valence-corrected chi connectivity index (χ3v) is 3.41. The molecule has 1 atom stereocenters. The van der Waals surface area contributed by atoms with Crippen molar-refractivity contribution >= 4 is 11.9 Å². The van der Waals surface area contributed by atoms with E-state index < -0.39 is 0 Å². The third-order valence-electron chi connectivity index (χ3n) is 3.41. The Bertz CT molecular complexity index is 578. The van der Waals surface area contributed by atoms with E-state index in [-0.39, 0.29) is 18.6 Å². The lowest BCUT2D eigenvalue weighted by Crippen LogP contribution is -2.43. The Morgan fingerprint density at radius 3 is 2.62 bits per heavy atom. The van der Waals surface area contributed by atoms with E-state index in [2.05, 4.69) is 15.6 Å². The van der Waals surface area contributed by atoms with Crippen molar-refractivity contribution in [1.82, 2.24) is 15.5 Å². The van der Waals surface area contributed by atoms with E-state index in [0.717, 1.165) is 11.5 Å². The maximum atomic E-state index is 11.7. The van der Waals surface area contributed by atoms with Crippen LogP contribution in [0.1, 0.15) is 6.92 Å².